The Morgan fingerprint density at radius 1 is 1.33 bits per heavy atom. The number of hydrogen-bond donors (Lipinski definition) is 1. The number of nitrogens with zero attached hydrogens (tertiary/aromatic N) is 1. The van der Waals surface area contributed by atoms with E-state index in [0.717, 1.165) is 5.92 Å². The number of hydrogen-bond acceptors (Lipinski definition) is 2. The lowest BCUT2D eigenvalue weighted by atomic mass is 9.79. The topological polar surface area (TPSA) is 40.5 Å². The first-order valence-electron chi connectivity index (χ1n) is 7.26. The van der Waals surface area contributed by atoms with Crippen molar-refractivity contribution in [2.75, 3.05) is 13.6 Å². The Hall–Kier alpha value is -0.570. The van der Waals surface area contributed by atoms with Crippen molar-refractivity contribution in [1.82, 2.24) is 4.90 Å². The molecule has 0 aliphatic heterocycles. The summed E-state index contributed by atoms with van der Waals surface area (Å²) in [6.45, 7) is 6.08. The molecule has 1 fully saturated rings. The summed E-state index contributed by atoms with van der Waals surface area (Å²) in [5.74, 6) is 1.36. The molecule has 1 atom stereocenters. The molecule has 0 aromatic rings. The summed E-state index contributed by atoms with van der Waals surface area (Å²) < 4.78 is 0. The van der Waals surface area contributed by atoms with E-state index in [0.29, 0.717) is 18.9 Å². The predicted octanol–water partition coefficient (Wildman–Crippen LogP) is 2.82. The van der Waals surface area contributed by atoms with Crippen LogP contribution in [0.4, 0.5) is 0 Å². The first-order valence-corrected chi connectivity index (χ1v) is 7.26. The lowest BCUT2D eigenvalue weighted by Gasteiger charge is -2.30. The second-order valence-electron chi connectivity index (χ2n) is 6.64. The third kappa shape index (κ3) is 5.38. The van der Waals surface area contributed by atoms with Gasteiger partial charge in [-0.15, -0.1) is 0 Å². The van der Waals surface area contributed by atoms with Gasteiger partial charge in [-0.2, -0.15) is 0 Å². The van der Waals surface area contributed by atoms with Gasteiger partial charge in [0.05, 0.1) is 5.60 Å². The highest BCUT2D eigenvalue weighted by molar-refractivity contribution is 5.76. The third-order valence-electron chi connectivity index (χ3n) is 4.00. The summed E-state index contributed by atoms with van der Waals surface area (Å²) in [6, 6.07) is 0. The summed E-state index contributed by atoms with van der Waals surface area (Å²) in [6.07, 6.45) is 7.19. The monoisotopic (exact) mass is 255 g/mol. The molecule has 1 aliphatic carbocycles. The van der Waals surface area contributed by atoms with Gasteiger partial charge < -0.3 is 10.0 Å². The number of aliphatic hydroxyl groups is 1. The van der Waals surface area contributed by atoms with Crippen LogP contribution in [0, 0.1) is 11.8 Å². The summed E-state index contributed by atoms with van der Waals surface area (Å²) in [5.41, 5.74) is -0.807. The van der Waals surface area contributed by atoms with Crippen LogP contribution in [0.25, 0.3) is 0 Å². The van der Waals surface area contributed by atoms with Crippen LogP contribution in [-0.2, 0) is 4.79 Å². The highest BCUT2D eigenvalue weighted by atomic mass is 16.3. The molecular formula is C15H29NO2. The Kier molecular flexibility index (Phi) is 5.64. The smallest absolute Gasteiger partial charge is 0.222 e. The van der Waals surface area contributed by atoms with Gasteiger partial charge >= 0.3 is 0 Å². The van der Waals surface area contributed by atoms with Crippen molar-refractivity contribution >= 4 is 5.91 Å². The van der Waals surface area contributed by atoms with Gasteiger partial charge in [0.1, 0.15) is 0 Å². The van der Waals surface area contributed by atoms with Crippen molar-refractivity contribution in [2.24, 2.45) is 11.8 Å². The zero-order valence-corrected chi connectivity index (χ0v) is 12.4. The van der Waals surface area contributed by atoms with Crippen LogP contribution >= 0.6 is 0 Å². The van der Waals surface area contributed by atoms with E-state index in [1.165, 1.54) is 32.1 Å². The number of amides is 1. The van der Waals surface area contributed by atoms with Crippen LogP contribution in [0.15, 0.2) is 0 Å². The fourth-order valence-electron chi connectivity index (χ4n) is 2.97. The fraction of sp³-hybridized carbons (Fsp3) is 0.933. The van der Waals surface area contributed by atoms with E-state index < -0.39 is 5.60 Å². The Balaban J connectivity index is 2.38. The highest BCUT2D eigenvalue weighted by Crippen LogP contribution is 2.31. The Labute approximate surface area is 112 Å². The molecule has 0 heterocycles. The molecule has 3 nitrogen and oxygen atoms in total. The number of likely N-dealkylation sites (N-methyl/N-ethyl adjacent to an activating group) is 1. The molecule has 1 saturated carbocycles. The van der Waals surface area contributed by atoms with Crippen molar-refractivity contribution in [3.05, 3.63) is 0 Å². The average molecular weight is 255 g/mol. The van der Waals surface area contributed by atoms with Crippen molar-refractivity contribution in [3.63, 3.8) is 0 Å². The van der Waals surface area contributed by atoms with Crippen LogP contribution in [-0.4, -0.2) is 35.1 Å². The number of carbonyl (C=O) groups is 1. The molecule has 1 aliphatic rings. The van der Waals surface area contributed by atoms with Gasteiger partial charge in [0.25, 0.3) is 0 Å². The van der Waals surface area contributed by atoms with Crippen LogP contribution in [0.3, 0.4) is 0 Å². The molecule has 0 saturated heterocycles. The SMILES string of the molecule is CC(CC(=O)N(C)CC(C)(C)O)C1CCCCC1. The van der Waals surface area contributed by atoms with Crippen molar-refractivity contribution in [3.8, 4) is 0 Å². The van der Waals surface area contributed by atoms with E-state index in [-0.39, 0.29) is 5.91 Å². The maximum Gasteiger partial charge on any atom is 0.222 e. The molecule has 1 N–H and O–H groups in total. The molecule has 0 bridgehead atoms. The summed E-state index contributed by atoms with van der Waals surface area (Å²) in [5, 5.41) is 9.73. The average Bonchev–Trinajstić information content (AvgIpc) is 2.27. The zero-order chi connectivity index (χ0) is 13.8. The molecule has 106 valence electrons. The lowest BCUT2D eigenvalue weighted by Crippen LogP contribution is -2.40. The van der Waals surface area contributed by atoms with Gasteiger partial charge in [0, 0.05) is 20.0 Å². The number of carbonyl (C=O) groups excluding carboxylic acids is 1. The lowest BCUT2D eigenvalue weighted by molar-refractivity contribution is -0.133. The Bertz CT molecular complexity index is 264. The van der Waals surface area contributed by atoms with Crippen molar-refractivity contribution < 1.29 is 9.90 Å². The molecule has 3 heteroatoms. The van der Waals surface area contributed by atoms with Gasteiger partial charge in [-0.3, -0.25) is 4.79 Å². The summed E-state index contributed by atoms with van der Waals surface area (Å²) >= 11 is 0. The first-order chi connectivity index (χ1) is 8.29. The molecule has 0 aromatic heterocycles. The third-order valence-corrected chi connectivity index (χ3v) is 4.00. The molecule has 0 spiro atoms. The van der Waals surface area contributed by atoms with Gasteiger partial charge in [-0.1, -0.05) is 39.0 Å². The molecule has 1 amide bonds. The minimum atomic E-state index is -0.807. The van der Waals surface area contributed by atoms with Crippen LogP contribution in [0.1, 0.15) is 59.3 Å². The predicted molar refractivity (Wildman–Crippen MR) is 74.3 cm³/mol. The van der Waals surface area contributed by atoms with Crippen LogP contribution in [0.5, 0.6) is 0 Å². The van der Waals surface area contributed by atoms with Crippen LogP contribution < -0.4 is 0 Å². The standard InChI is InChI=1S/C15H29NO2/c1-12(13-8-6-5-7-9-13)10-14(17)16(4)11-15(2,3)18/h12-13,18H,5-11H2,1-4H3. The molecule has 1 rings (SSSR count). The maximum absolute atomic E-state index is 12.1. The quantitative estimate of drug-likeness (QED) is 0.820. The van der Waals surface area contributed by atoms with Crippen molar-refractivity contribution in [1.29, 1.82) is 0 Å². The Morgan fingerprint density at radius 3 is 2.39 bits per heavy atom. The van der Waals surface area contributed by atoms with Gasteiger partial charge in [-0.05, 0) is 25.7 Å². The Morgan fingerprint density at radius 2 is 1.89 bits per heavy atom. The van der Waals surface area contributed by atoms with E-state index in [2.05, 4.69) is 6.92 Å². The van der Waals surface area contributed by atoms with Gasteiger partial charge in [0.2, 0.25) is 5.91 Å². The van der Waals surface area contributed by atoms with Crippen LogP contribution in [0.2, 0.25) is 0 Å². The summed E-state index contributed by atoms with van der Waals surface area (Å²) in [4.78, 5) is 13.8. The second-order valence-corrected chi connectivity index (χ2v) is 6.64. The second kappa shape index (κ2) is 6.55. The zero-order valence-electron chi connectivity index (χ0n) is 12.4. The van der Waals surface area contributed by atoms with Gasteiger partial charge in [0.15, 0.2) is 0 Å². The van der Waals surface area contributed by atoms with E-state index in [9.17, 15) is 9.90 Å². The molecule has 18 heavy (non-hydrogen) atoms. The number of rotatable bonds is 5. The normalized spacial score (nSPS) is 19.6. The minimum absolute atomic E-state index is 0.162. The molecule has 1 unspecified atom stereocenters. The molecule has 0 radical (unpaired) electrons. The van der Waals surface area contributed by atoms with Gasteiger partial charge in [-0.25, -0.2) is 0 Å². The van der Waals surface area contributed by atoms with E-state index >= 15 is 0 Å². The fourth-order valence-corrected chi connectivity index (χ4v) is 2.97. The van der Waals surface area contributed by atoms with E-state index in [1.807, 2.05) is 0 Å². The highest BCUT2D eigenvalue weighted by Gasteiger charge is 2.25. The molecule has 0 aromatic carbocycles. The van der Waals surface area contributed by atoms with E-state index in [4.69, 9.17) is 0 Å². The first kappa shape index (κ1) is 15.5. The van der Waals surface area contributed by atoms with Crippen molar-refractivity contribution in [2.45, 2.75) is 64.9 Å². The maximum atomic E-state index is 12.1. The minimum Gasteiger partial charge on any atom is -0.389 e. The molecular weight excluding hydrogens is 226 g/mol. The van der Waals surface area contributed by atoms with E-state index in [1.54, 1.807) is 25.8 Å². The largest absolute Gasteiger partial charge is 0.389 e. The summed E-state index contributed by atoms with van der Waals surface area (Å²) in [7, 11) is 1.79.